The van der Waals surface area contributed by atoms with E-state index in [2.05, 4.69) is 20.7 Å². The molecule has 3 heterocycles. The summed E-state index contributed by atoms with van der Waals surface area (Å²) in [6, 6.07) is 6.74. The molecule has 4 rings (SSSR count). The van der Waals surface area contributed by atoms with Crippen molar-refractivity contribution in [2.75, 3.05) is 24.5 Å². The number of carbonyl (C=O) groups is 2. The van der Waals surface area contributed by atoms with Crippen LogP contribution in [0.3, 0.4) is 0 Å². The van der Waals surface area contributed by atoms with Crippen LogP contribution in [0, 0.1) is 11.8 Å². The van der Waals surface area contributed by atoms with Crippen molar-refractivity contribution >= 4 is 40.8 Å². The van der Waals surface area contributed by atoms with Gasteiger partial charge in [-0.2, -0.15) is 5.10 Å². The van der Waals surface area contributed by atoms with Gasteiger partial charge >= 0.3 is 0 Å². The number of carbonyl (C=O) groups excluding carboxylic acids is 2. The number of aromatic nitrogens is 3. The molecule has 0 bridgehead atoms. The third-order valence-electron chi connectivity index (χ3n) is 7.04. The maximum absolute atomic E-state index is 13.4. The number of pyridine rings is 1. The van der Waals surface area contributed by atoms with Crippen molar-refractivity contribution in [3.05, 3.63) is 74.8 Å². The Balaban J connectivity index is 1.40. The van der Waals surface area contributed by atoms with Crippen LogP contribution in [0.25, 0.3) is 0 Å². The maximum atomic E-state index is 13.4. The summed E-state index contributed by atoms with van der Waals surface area (Å²) in [5.74, 6) is 0.126. The highest BCUT2D eigenvalue weighted by Crippen LogP contribution is 2.34. The zero-order valence-corrected chi connectivity index (χ0v) is 23.0. The Morgan fingerprint density at radius 1 is 1.18 bits per heavy atom. The van der Waals surface area contributed by atoms with Gasteiger partial charge in [0.05, 0.1) is 10.9 Å². The number of hydrogen-bond acceptors (Lipinski definition) is 6. The summed E-state index contributed by atoms with van der Waals surface area (Å²) in [7, 11) is 1.60. The lowest BCUT2D eigenvalue weighted by Gasteiger charge is -2.26. The third-order valence-corrected chi connectivity index (χ3v) is 7.55. The molecule has 38 heavy (non-hydrogen) atoms. The second-order valence-electron chi connectivity index (χ2n) is 9.76. The first kappa shape index (κ1) is 27.9. The Bertz CT molecular complexity index is 1280. The standard InChI is InChI=1S/C27H32Cl2N6O3/c1-17(36)32-23(18-5-7-19(28)8-6-18)4-3-13-30-27(38)22-16-35(25-11-12-26(37)34(2)33-25)15-21(22)24-10-9-20(29)14-31-24/h5,7-12,14,18,21-23H,3-4,6,13,15-16H2,1-2H3,(H,30,38)(H,32,36)/t18?,21-,22-,23+/m1/s1. The zero-order valence-electron chi connectivity index (χ0n) is 21.4. The van der Waals surface area contributed by atoms with Gasteiger partial charge < -0.3 is 15.5 Å². The number of aryl methyl sites for hydroxylation is 1. The van der Waals surface area contributed by atoms with Gasteiger partial charge in [0.2, 0.25) is 11.8 Å². The van der Waals surface area contributed by atoms with E-state index in [1.54, 1.807) is 25.4 Å². The first-order chi connectivity index (χ1) is 18.2. The van der Waals surface area contributed by atoms with Crippen LogP contribution in [0.4, 0.5) is 5.82 Å². The van der Waals surface area contributed by atoms with E-state index in [0.29, 0.717) is 41.9 Å². The molecule has 1 saturated heterocycles. The normalized spacial score (nSPS) is 21.6. The monoisotopic (exact) mass is 558 g/mol. The molecule has 0 radical (unpaired) electrons. The first-order valence-electron chi connectivity index (χ1n) is 12.7. The third kappa shape index (κ3) is 7.02. The Morgan fingerprint density at radius 3 is 2.66 bits per heavy atom. The highest BCUT2D eigenvalue weighted by atomic mass is 35.5. The number of allylic oxidation sites excluding steroid dienone is 3. The summed E-state index contributed by atoms with van der Waals surface area (Å²) in [4.78, 5) is 43.4. The fourth-order valence-corrected chi connectivity index (χ4v) is 5.32. The van der Waals surface area contributed by atoms with E-state index in [4.69, 9.17) is 23.2 Å². The highest BCUT2D eigenvalue weighted by Gasteiger charge is 2.40. The van der Waals surface area contributed by atoms with Crippen LogP contribution < -0.4 is 21.1 Å². The molecule has 2 amide bonds. The van der Waals surface area contributed by atoms with Crippen LogP contribution in [0.1, 0.15) is 37.8 Å². The summed E-state index contributed by atoms with van der Waals surface area (Å²) in [5, 5.41) is 11.7. The number of hydrogen-bond donors (Lipinski definition) is 2. The van der Waals surface area contributed by atoms with Crippen LogP contribution in [0.5, 0.6) is 0 Å². The van der Waals surface area contributed by atoms with E-state index >= 15 is 0 Å². The maximum Gasteiger partial charge on any atom is 0.266 e. The van der Waals surface area contributed by atoms with E-state index in [-0.39, 0.29) is 41.2 Å². The molecule has 1 unspecified atom stereocenters. The van der Waals surface area contributed by atoms with E-state index in [9.17, 15) is 14.4 Å². The number of nitrogens with zero attached hydrogens (tertiary/aromatic N) is 4. The van der Waals surface area contributed by atoms with Crippen molar-refractivity contribution in [1.29, 1.82) is 0 Å². The summed E-state index contributed by atoms with van der Waals surface area (Å²) in [6.07, 6.45) is 9.64. The molecule has 1 aliphatic heterocycles. The van der Waals surface area contributed by atoms with E-state index in [0.717, 1.165) is 18.5 Å². The Kier molecular flexibility index (Phi) is 9.22. The lowest BCUT2D eigenvalue weighted by Crippen LogP contribution is -2.40. The molecule has 2 aliphatic rings. The minimum Gasteiger partial charge on any atom is -0.356 e. The molecule has 2 aromatic rings. The number of halogens is 2. The molecule has 202 valence electrons. The summed E-state index contributed by atoms with van der Waals surface area (Å²) < 4.78 is 1.29. The number of nitrogens with one attached hydrogen (secondary N) is 2. The van der Waals surface area contributed by atoms with Crippen molar-refractivity contribution in [3.63, 3.8) is 0 Å². The molecule has 1 aliphatic carbocycles. The molecule has 9 nitrogen and oxygen atoms in total. The van der Waals surface area contributed by atoms with Crippen LogP contribution in [0.15, 0.2) is 58.5 Å². The minimum atomic E-state index is -0.359. The Hall–Kier alpha value is -3.17. The van der Waals surface area contributed by atoms with E-state index in [1.807, 2.05) is 29.2 Å². The van der Waals surface area contributed by atoms with Gasteiger partial charge in [-0.15, -0.1) is 0 Å². The second kappa shape index (κ2) is 12.6. The topological polar surface area (TPSA) is 109 Å². The lowest BCUT2D eigenvalue weighted by molar-refractivity contribution is -0.125. The molecule has 0 aromatic carbocycles. The largest absolute Gasteiger partial charge is 0.356 e. The van der Waals surface area contributed by atoms with Crippen molar-refractivity contribution in [1.82, 2.24) is 25.4 Å². The van der Waals surface area contributed by atoms with Gasteiger partial charge in [0.25, 0.3) is 5.56 Å². The number of amides is 2. The minimum absolute atomic E-state index is 0.0366. The lowest BCUT2D eigenvalue weighted by atomic mass is 9.89. The van der Waals surface area contributed by atoms with E-state index < -0.39 is 0 Å². The molecule has 11 heteroatoms. The number of rotatable bonds is 9. The fraction of sp³-hybridized carbons (Fsp3) is 0.444. The summed E-state index contributed by atoms with van der Waals surface area (Å²) >= 11 is 12.1. The van der Waals surface area contributed by atoms with Crippen LogP contribution in [-0.4, -0.2) is 52.3 Å². The molecule has 0 spiro atoms. The molecular formula is C27H32Cl2N6O3. The molecule has 0 saturated carbocycles. The Morgan fingerprint density at radius 2 is 2.00 bits per heavy atom. The molecular weight excluding hydrogens is 527 g/mol. The molecule has 2 N–H and O–H groups in total. The van der Waals surface area contributed by atoms with Crippen molar-refractivity contribution < 1.29 is 9.59 Å². The molecule has 2 aromatic heterocycles. The fourth-order valence-electron chi connectivity index (χ4n) is 5.05. The molecule has 4 atom stereocenters. The van der Waals surface area contributed by atoms with Gasteiger partial charge in [0, 0.05) is 74.5 Å². The summed E-state index contributed by atoms with van der Waals surface area (Å²) in [6.45, 7) is 2.98. The highest BCUT2D eigenvalue weighted by molar-refractivity contribution is 6.31. The van der Waals surface area contributed by atoms with Gasteiger partial charge in [-0.05, 0) is 43.5 Å². The zero-order chi connectivity index (χ0) is 27.2. The van der Waals surface area contributed by atoms with E-state index in [1.165, 1.54) is 17.7 Å². The van der Waals surface area contributed by atoms with Gasteiger partial charge in [-0.1, -0.05) is 35.4 Å². The van der Waals surface area contributed by atoms with Gasteiger partial charge in [0.15, 0.2) is 0 Å². The van der Waals surface area contributed by atoms with Crippen LogP contribution in [0.2, 0.25) is 5.02 Å². The van der Waals surface area contributed by atoms with Crippen LogP contribution >= 0.6 is 23.2 Å². The van der Waals surface area contributed by atoms with Gasteiger partial charge in [-0.25, -0.2) is 4.68 Å². The van der Waals surface area contributed by atoms with Crippen molar-refractivity contribution in [3.8, 4) is 0 Å². The second-order valence-corrected chi connectivity index (χ2v) is 10.6. The Labute approximate surface area is 231 Å². The predicted octanol–water partition coefficient (Wildman–Crippen LogP) is 3.15. The SMILES string of the molecule is CC(=O)N[C@@H](CCCNC(=O)[C@@H]1CN(c2ccc(=O)n(C)n2)C[C@H]1c1ccc(Cl)cn1)C1C=CC(Cl)=CC1. The first-order valence-corrected chi connectivity index (χ1v) is 13.5. The predicted molar refractivity (Wildman–Crippen MR) is 148 cm³/mol. The average Bonchev–Trinajstić information content (AvgIpc) is 3.34. The molecule has 1 fully saturated rings. The summed E-state index contributed by atoms with van der Waals surface area (Å²) in [5.41, 5.74) is 0.585. The van der Waals surface area contributed by atoms with Crippen LogP contribution in [-0.2, 0) is 16.6 Å². The van der Waals surface area contributed by atoms with Gasteiger partial charge in [-0.3, -0.25) is 19.4 Å². The quantitative estimate of drug-likeness (QED) is 0.457. The smallest absolute Gasteiger partial charge is 0.266 e. The average molecular weight is 559 g/mol. The van der Waals surface area contributed by atoms with Crippen molar-refractivity contribution in [2.45, 2.75) is 38.1 Å². The number of anilines is 1. The van der Waals surface area contributed by atoms with Crippen molar-refractivity contribution in [2.24, 2.45) is 18.9 Å². The van der Waals surface area contributed by atoms with Gasteiger partial charge in [0.1, 0.15) is 5.82 Å².